The fourth-order valence-electron chi connectivity index (χ4n) is 3.43. The Hall–Kier alpha value is -2.14. The van der Waals surface area contributed by atoms with Crippen molar-refractivity contribution < 1.29 is 9.47 Å². The van der Waals surface area contributed by atoms with Crippen molar-refractivity contribution in [2.75, 3.05) is 19.8 Å². The van der Waals surface area contributed by atoms with Gasteiger partial charge in [0.25, 0.3) is 0 Å². The normalized spacial score (nSPS) is 20.7. The van der Waals surface area contributed by atoms with E-state index in [1.54, 1.807) is 0 Å². The van der Waals surface area contributed by atoms with Gasteiger partial charge >= 0.3 is 0 Å². The molecule has 0 spiro atoms. The largest absolute Gasteiger partial charge is 0.486 e. The van der Waals surface area contributed by atoms with E-state index in [4.69, 9.17) is 9.47 Å². The average molecular weight is 311 g/mol. The van der Waals surface area contributed by atoms with Crippen LogP contribution in [0.4, 0.5) is 0 Å². The molecular formula is C18H21N3O2. The molecule has 1 saturated heterocycles. The molecule has 4 rings (SSSR count). The Balaban J connectivity index is 1.53. The highest BCUT2D eigenvalue weighted by Crippen LogP contribution is 2.35. The maximum Gasteiger partial charge on any atom is 0.161 e. The first-order valence-corrected chi connectivity index (χ1v) is 8.22. The van der Waals surface area contributed by atoms with Crippen molar-refractivity contribution in [2.24, 2.45) is 0 Å². The molecular weight excluding hydrogens is 290 g/mol. The summed E-state index contributed by atoms with van der Waals surface area (Å²) in [5.41, 5.74) is 2.39. The van der Waals surface area contributed by atoms with Gasteiger partial charge < -0.3 is 9.47 Å². The Morgan fingerprint density at radius 2 is 2.04 bits per heavy atom. The summed E-state index contributed by atoms with van der Waals surface area (Å²) in [7, 11) is 0. The van der Waals surface area contributed by atoms with Gasteiger partial charge in [0, 0.05) is 12.7 Å². The van der Waals surface area contributed by atoms with Crippen LogP contribution >= 0.6 is 0 Å². The summed E-state index contributed by atoms with van der Waals surface area (Å²) in [6, 6.07) is 8.68. The molecule has 0 saturated carbocycles. The van der Waals surface area contributed by atoms with E-state index < -0.39 is 0 Å². The van der Waals surface area contributed by atoms with Crippen molar-refractivity contribution in [1.29, 1.82) is 0 Å². The van der Waals surface area contributed by atoms with Gasteiger partial charge in [0.15, 0.2) is 11.5 Å². The van der Waals surface area contributed by atoms with Gasteiger partial charge in [-0.2, -0.15) is 0 Å². The zero-order chi connectivity index (χ0) is 15.6. The molecule has 5 nitrogen and oxygen atoms in total. The number of hydrogen-bond donors (Lipinski definition) is 0. The molecule has 1 unspecified atom stereocenters. The van der Waals surface area contributed by atoms with E-state index in [9.17, 15) is 0 Å². The smallest absolute Gasteiger partial charge is 0.161 e. The number of rotatable bonds is 3. The molecule has 1 aromatic heterocycles. The Labute approximate surface area is 136 Å². The minimum Gasteiger partial charge on any atom is -0.486 e. The van der Waals surface area contributed by atoms with Gasteiger partial charge in [0.1, 0.15) is 19.0 Å². The fraction of sp³-hybridized carbons (Fsp3) is 0.444. The molecule has 0 bridgehead atoms. The van der Waals surface area contributed by atoms with Crippen molar-refractivity contribution in [3.63, 3.8) is 0 Å². The third kappa shape index (κ3) is 3.01. The minimum atomic E-state index is 0.380. The molecule has 0 amide bonds. The summed E-state index contributed by atoms with van der Waals surface area (Å²) in [4.78, 5) is 11.3. The number of ether oxygens (including phenoxy) is 2. The maximum absolute atomic E-state index is 5.69. The molecule has 1 atom stereocenters. The SMILES string of the molecule is Cc1nccc(C2CCCN2Cc2ccc3c(c2)OCCO3)n1. The monoisotopic (exact) mass is 311 g/mol. The van der Waals surface area contributed by atoms with Crippen LogP contribution in [0, 0.1) is 6.92 Å². The number of likely N-dealkylation sites (tertiary alicyclic amines) is 1. The second kappa shape index (κ2) is 6.16. The van der Waals surface area contributed by atoms with Gasteiger partial charge in [-0.15, -0.1) is 0 Å². The van der Waals surface area contributed by atoms with Crippen LogP contribution in [-0.2, 0) is 6.54 Å². The van der Waals surface area contributed by atoms with Gasteiger partial charge in [-0.3, -0.25) is 4.90 Å². The van der Waals surface area contributed by atoms with Gasteiger partial charge in [-0.05, 0) is 50.1 Å². The summed E-state index contributed by atoms with van der Waals surface area (Å²) in [5.74, 6) is 2.56. The Morgan fingerprint density at radius 3 is 2.91 bits per heavy atom. The lowest BCUT2D eigenvalue weighted by atomic mass is 10.1. The highest BCUT2D eigenvalue weighted by atomic mass is 16.6. The molecule has 0 radical (unpaired) electrons. The molecule has 2 aliphatic heterocycles. The molecule has 2 aromatic rings. The number of aromatic nitrogens is 2. The summed E-state index contributed by atoms with van der Waals surface area (Å²) < 4.78 is 11.3. The average Bonchev–Trinajstić information content (AvgIpc) is 3.03. The predicted molar refractivity (Wildman–Crippen MR) is 86.6 cm³/mol. The molecule has 1 aromatic carbocycles. The van der Waals surface area contributed by atoms with Gasteiger partial charge in [-0.25, -0.2) is 9.97 Å². The van der Waals surface area contributed by atoms with Crippen molar-refractivity contribution in [2.45, 2.75) is 32.4 Å². The van der Waals surface area contributed by atoms with Gasteiger partial charge in [0.05, 0.1) is 11.7 Å². The molecule has 3 heterocycles. The van der Waals surface area contributed by atoms with Crippen molar-refractivity contribution in [3.8, 4) is 11.5 Å². The van der Waals surface area contributed by atoms with E-state index in [0.29, 0.717) is 19.3 Å². The van der Waals surface area contributed by atoms with E-state index in [1.165, 1.54) is 12.0 Å². The Bertz CT molecular complexity index is 704. The maximum atomic E-state index is 5.69. The van der Waals surface area contributed by atoms with Crippen LogP contribution in [0.2, 0.25) is 0 Å². The molecule has 120 valence electrons. The van der Waals surface area contributed by atoms with Gasteiger partial charge in [-0.1, -0.05) is 6.07 Å². The lowest BCUT2D eigenvalue weighted by molar-refractivity contribution is 0.171. The number of nitrogens with zero attached hydrogens (tertiary/aromatic N) is 3. The van der Waals surface area contributed by atoms with Crippen molar-refractivity contribution >= 4 is 0 Å². The molecule has 0 aliphatic carbocycles. The van der Waals surface area contributed by atoms with E-state index >= 15 is 0 Å². The molecule has 23 heavy (non-hydrogen) atoms. The highest BCUT2D eigenvalue weighted by molar-refractivity contribution is 5.43. The first kappa shape index (κ1) is 14.5. The zero-order valence-electron chi connectivity index (χ0n) is 13.4. The lowest BCUT2D eigenvalue weighted by Gasteiger charge is -2.25. The molecule has 2 aliphatic rings. The summed E-state index contributed by atoms with van der Waals surface area (Å²) in [6.07, 6.45) is 4.22. The van der Waals surface area contributed by atoms with Crippen LogP contribution in [0.15, 0.2) is 30.5 Å². The quantitative estimate of drug-likeness (QED) is 0.872. The number of aryl methyl sites for hydroxylation is 1. The van der Waals surface area contributed by atoms with Crippen LogP contribution in [0.5, 0.6) is 11.5 Å². The predicted octanol–water partition coefficient (Wildman–Crippen LogP) is 2.89. The Kier molecular flexibility index (Phi) is 3.87. The fourth-order valence-corrected chi connectivity index (χ4v) is 3.43. The van der Waals surface area contributed by atoms with Gasteiger partial charge in [0.2, 0.25) is 0 Å². The van der Waals surface area contributed by atoms with E-state index in [-0.39, 0.29) is 0 Å². The van der Waals surface area contributed by atoms with Crippen LogP contribution in [-0.4, -0.2) is 34.6 Å². The number of fused-ring (bicyclic) bond motifs is 1. The summed E-state index contributed by atoms with van der Waals surface area (Å²) >= 11 is 0. The summed E-state index contributed by atoms with van der Waals surface area (Å²) in [6.45, 7) is 5.22. The van der Waals surface area contributed by atoms with E-state index in [0.717, 1.165) is 42.5 Å². The van der Waals surface area contributed by atoms with E-state index in [1.807, 2.05) is 25.3 Å². The minimum absolute atomic E-state index is 0.380. The molecule has 1 fully saturated rings. The van der Waals surface area contributed by atoms with E-state index in [2.05, 4.69) is 27.0 Å². The zero-order valence-corrected chi connectivity index (χ0v) is 13.4. The first-order chi connectivity index (χ1) is 11.3. The number of benzene rings is 1. The third-order valence-electron chi connectivity index (χ3n) is 4.49. The third-order valence-corrected chi connectivity index (χ3v) is 4.49. The van der Waals surface area contributed by atoms with Crippen LogP contribution in [0.1, 0.15) is 36.0 Å². The van der Waals surface area contributed by atoms with Crippen LogP contribution in [0.25, 0.3) is 0 Å². The topological polar surface area (TPSA) is 47.5 Å². The molecule has 0 N–H and O–H groups in total. The molecule has 5 heteroatoms. The summed E-state index contributed by atoms with van der Waals surface area (Å²) in [5, 5.41) is 0. The second-order valence-corrected chi connectivity index (χ2v) is 6.14. The second-order valence-electron chi connectivity index (χ2n) is 6.14. The number of hydrogen-bond acceptors (Lipinski definition) is 5. The standard InChI is InChI=1S/C18H21N3O2/c1-13-19-7-6-15(20-13)16-3-2-8-21(16)12-14-4-5-17-18(11-14)23-10-9-22-17/h4-7,11,16H,2-3,8-10,12H2,1H3. The van der Waals surface area contributed by atoms with Crippen LogP contribution < -0.4 is 9.47 Å². The van der Waals surface area contributed by atoms with Crippen molar-refractivity contribution in [3.05, 3.63) is 47.5 Å². The van der Waals surface area contributed by atoms with Crippen LogP contribution in [0.3, 0.4) is 0 Å². The first-order valence-electron chi connectivity index (χ1n) is 8.22. The highest BCUT2D eigenvalue weighted by Gasteiger charge is 2.27. The van der Waals surface area contributed by atoms with Crippen molar-refractivity contribution in [1.82, 2.24) is 14.9 Å². The Morgan fingerprint density at radius 1 is 1.17 bits per heavy atom. The lowest BCUT2D eigenvalue weighted by Crippen LogP contribution is -2.24.